The molecule has 2 rings (SSSR count). The van der Waals surface area contributed by atoms with Crippen molar-refractivity contribution in [1.29, 1.82) is 0 Å². The van der Waals surface area contributed by atoms with Crippen molar-refractivity contribution in [2.24, 2.45) is 29.4 Å². The van der Waals surface area contributed by atoms with Gasteiger partial charge in [0.2, 0.25) is 0 Å². The van der Waals surface area contributed by atoms with E-state index in [9.17, 15) is 24.9 Å². The second kappa shape index (κ2) is 16.0. The Bertz CT molecular complexity index is 633. The maximum atomic E-state index is 12.5. The molecule has 8 nitrogen and oxygen atoms in total. The van der Waals surface area contributed by atoms with E-state index >= 15 is 0 Å². The Labute approximate surface area is 211 Å². The third-order valence-electron chi connectivity index (χ3n) is 8.40. The summed E-state index contributed by atoms with van der Waals surface area (Å²) in [4.78, 5) is 24.7. The lowest BCUT2D eigenvalue weighted by Crippen LogP contribution is -2.94. The highest BCUT2D eigenvalue weighted by Crippen LogP contribution is 2.43. The number of carbonyl (C=O) groups excluding carboxylic acids is 2. The number of aliphatic hydroxyl groups is 2. The summed E-state index contributed by atoms with van der Waals surface area (Å²) in [6.45, 7) is 3.13. The number of rotatable bonds is 16. The smallest absolute Gasteiger partial charge is 0.137 e. The van der Waals surface area contributed by atoms with Crippen molar-refractivity contribution >= 4 is 11.6 Å². The van der Waals surface area contributed by atoms with Gasteiger partial charge in [-0.25, -0.2) is 0 Å². The van der Waals surface area contributed by atoms with Crippen molar-refractivity contribution in [3.8, 4) is 0 Å². The van der Waals surface area contributed by atoms with Gasteiger partial charge in [-0.15, -0.1) is 0 Å². The lowest BCUT2D eigenvalue weighted by atomic mass is 9.65. The Hall–Kier alpha value is -0.900. The first-order valence-electron chi connectivity index (χ1n) is 13.9. The van der Waals surface area contributed by atoms with Crippen LogP contribution in [0.1, 0.15) is 90.4 Å². The van der Waals surface area contributed by atoms with Crippen LogP contribution in [0.25, 0.3) is 0 Å². The van der Waals surface area contributed by atoms with Gasteiger partial charge >= 0.3 is 0 Å². The molecule has 0 amide bonds. The number of aliphatic hydroxyl groups excluding tert-OH is 2. The van der Waals surface area contributed by atoms with Gasteiger partial charge in [0, 0.05) is 33.0 Å². The average Bonchev–Trinajstić information content (AvgIpc) is 2.85. The van der Waals surface area contributed by atoms with Crippen LogP contribution in [0.3, 0.4) is 0 Å². The topological polar surface area (TPSA) is 150 Å². The van der Waals surface area contributed by atoms with Crippen LogP contribution in [0.2, 0.25) is 0 Å². The van der Waals surface area contributed by atoms with E-state index < -0.39 is 23.8 Å². The molecule has 1 heterocycles. The monoisotopic (exact) mass is 498 g/mol. The highest BCUT2D eigenvalue weighted by molar-refractivity contribution is 6.04. The Morgan fingerprint density at radius 3 is 2.49 bits per heavy atom. The fourth-order valence-electron chi connectivity index (χ4n) is 6.38. The average molecular weight is 499 g/mol. The van der Waals surface area contributed by atoms with Crippen molar-refractivity contribution in [3.63, 3.8) is 0 Å². The van der Waals surface area contributed by atoms with Crippen molar-refractivity contribution in [2.45, 2.75) is 115 Å². The Balaban J connectivity index is 1.94. The third kappa shape index (κ3) is 9.48. The van der Waals surface area contributed by atoms with E-state index in [2.05, 4.69) is 12.2 Å². The second-order valence-corrected chi connectivity index (χ2v) is 10.9. The molecule has 0 radical (unpaired) electrons. The summed E-state index contributed by atoms with van der Waals surface area (Å²) < 4.78 is 5.62. The van der Waals surface area contributed by atoms with E-state index in [0.29, 0.717) is 31.6 Å². The number of ether oxygens (including phenoxy) is 1. The van der Waals surface area contributed by atoms with Crippen LogP contribution < -0.4 is 16.2 Å². The van der Waals surface area contributed by atoms with Gasteiger partial charge < -0.3 is 35.0 Å². The van der Waals surface area contributed by atoms with Gasteiger partial charge in [-0.1, -0.05) is 32.6 Å². The minimum atomic E-state index is -1.77. The van der Waals surface area contributed by atoms with Crippen molar-refractivity contribution in [3.05, 3.63) is 0 Å². The van der Waals surface area contributed by atoms with Gasteiger partial charge in [-0.3, -0.25) is 5.73 Å². The largest absolute Gasteiger partial charge is 0.841 e. The zero-order chi connectivity index (χ0) is 25.8. The molecule has 6 unspecified atom stereocenters. The van der Waals surface area contributed by atoms with Gasteiger partial charge in [-0.05, 0) is 68.3 Å². The lowest BCUT2D eigenvalue weighted by molar-refractivity contribution is -0.699. The van der Waals surface area contributed by atoms with E-state index in [0.717, 1.165) is 51.5 Å². The number of hydrogen-bond donors (Lipinski definition) is 4. The molecule has 1 aliphatic heterocycles. The number of quaternary nitrogens is 1. The summed E-state index contributed by atoms with van der Waals surface area (Å²) in [6.07, 6.45) is 6.81. The molecule has 0 aromatic heterocycles. The maximum Gasteiger partial charge on any atom is 0.137 e. The molecule has 1 aliphatic carbocycles. The first-order chi connectivity index (χ1) is 16.8. The van der Waals surface area contributed by atoms with E-state index in [1.807, 2.05) is 0 Å². The Kier molecular flexibility index (Phi) is 13.9. The number of ketones is 2. The number of unbranched alkanes of at least 4 members (excludes halogenated alkanes) is 4. The normalized spacial score (nSPS) is 31.1. The van der Waals surface area contributed by atoms with E-state index in [1.165, 1.54) is 0 Å². The minimum absolute atomic E-state index is 0.0421. The molecular weight excluding hydrogens is 448 g/mol. The van der Waals surface area contributed by atoms with Crippen molar-refractivity contribution < 1.29 is 35.0 Å². The van der Waals surface area contributed by atoms with Crippen LogP contribution in [-0.2, 0) is 14.3 Å². The van der Waals surface area contributed by atoms with Crippen LogP contribution in [0.5, 0.6) is 0 Å². The summed E-state index contributed by atoms with van der Waals surface area (Å²) >= 11 is 0. The quantitative estimate of drug-likeness (QED) is 0.180. The van der Waals surface area contributed by atoms with Crippen LogP contribution in [0.15, 0.2) is 0 Å². The first-order valence-corrected chi connectivity index (χ1v) is 13.9. The predicted molar refractivity (Wildman–Crippen MR) is 132 cm³/mol. The SMILES string of the molecule is CCCCCCCC(=O)[C@H]([O-])C(=O)CCC1CC(OC)C(O)C([C@H](CCO)C2CC[NH2+]C(N)C2)C1. The molecule has 6 N–H and O–H groups in total. The molecule has 1 saturated heterocycles. The van der Waals surface area contributed by atoms with E-state index in [-0.39, 0.29) is 49.5 Å². The number of Topliss-reactive ketones (excluding diaryl/α,β-unsaturated/α-hetero) is 2. The van der Waals surface area contributed by atoms with Crippen molar-refractivity contribution in [2.75, 3.05) is 20.3 Å². The molecule has 8 heteroatoms. The second-order valence-electron chi connectivity index (χ2n) is 10.9. The van der Waals surface area contributed by atoms with Crippen LogP contribution in [0.4, 0.5) is 0 Å². The molecule has 204 valence electrons. The fraction of sp³-hybridized carbons (Fsp3) is 0.926. The zero-order valence-corrected chi connectivity index (χ0v) is 21.9. The molecule has 1 saturated carbocycles. The van der Waals surface area contributed by atoms with Crippen LogP contribution in [0, 0.1) is 23.7 Å². The van der Waals surface area contributed by atoms with Gasteiger partial charge in [0.15, 0.2) is 0 Å². The molecular formula is C27H50N2O6. The van der Waals surface area contributed by atoms with Gasteiger partial charge in [0.1, 0.15) is 17.7 Å². The maximum absolute atomic E-state index is 12.5. The number of nitrogens with two attached hydrogens (primary N) is 2. The molecule has 2 fully saturated rings. The first kappa shape index (κ1) is 30.3. The molecule has 2 aliphatic rings. The zero-order valence-electron chi connectivity index (χ0n) is 21.9. The summed E-state index contributed by atoms with van der Waals surface area (Å²) in [5, 5.41) is 35.4. The molecule has 0 spiro atoms. The lowest BCUT2D eigenvalue weighted by Gasteiger charge is -2.45. The number of methoxy groups -OCH3 is 1. The van der Waals surface area contributed by atoms with Gasteiger partial charge in [0.25, 0.3) is 0 Å². The Morgan fingerprint density at radius 1 is 1.11 bits per heavy atom. The predicted octanol–water partition coefficient (Wildman–Crippen LogP) is 0.653. The van der Waals surface area contributed by atoms with Gasteiger partial charge in [0.05, 0.1) is 18.8 Å². The summed E-state index contributed by atoms with van der Waals surface area (Å²) in [5.41, 5.74) is 6.19. The van der Waals surface area contributed by atoms with E-state index in [4.69, 9.17) is 10.5 Å². The molecule has 0 aromatic carbocycles. The summed E-state index contributed by atoms with van der Waals surface area (Å²) in [7, 11) is 1.60. The highest BCUT2D eigenvalue weighted by Gasteiger charge is 2.44. The number of piperidine rings is 1. The molecule has 0 aromatic rings. The third-order valence-corrected chi connectivity index (χ3v) is 8.40. The standard InChI is InChI=1S/C27H49N2O6/c1-3-4-5-6-7-8-22(31)27(34)23(32)10-9-18-15-21(26(33)24(16-18)35-2)20(12-14-30)19-11-13-29-25(28)17-19/h18-21,24-27,29-30,33H,3-17,28H2,1-2H3/q-1/p+1/t18?,19?,20-,21?,24?,25?,26?,27+/m1/s1. The summed E-state index contributed by atoms with van der Waals surface area (Å²) in [5.74, 6) is -0.455. The molecule has 0 bridgehead atoms. The number of carbonyl (C=O) groups is 2. The van der Waals surface area contributed by atoms with Crippen LogP contribution in [-0.4, -0.2) is 66.5 Å². The Morgan fingerprint density at radius 2 is 1.83 bits per heavy atom. The highest BCUT2D eigenvalue weighted by atomic mass is 16.5. The fourth-order valence-corrected chi connectivity index (χ4v) is 6.38. The minimum Gasteiger partial charge on any atom is -0.841 e. The molecule has 35 heavy (non-hydrogen) atoms. The number of hydrogen-bond acceptors (Lipinski definition) is 7. The van der Waals surface area contributed by atoms with E-state index in [1.54, 1.807) is 7.11 Å². The van der Waals surface area contributed by atoms with Crippen LogP contribution >= 0.6 is 0 Å². The van der Waals surface area contributed by atoms with Crippen molar-refractivity contribution in [1.82, 2.24) is 0 Å². The molecule has 8 atom stereocenters. The van der Waals surface area contributed by atoms with Gasteiger partial charge in [-0.2, -0.15) is 0 Å². The summed E-state index contributed by atoms with van der Waals surface area (Å²) in [6, 6.07) is 0.